The van der Waals surface area contributed by atoms with E-state index in [4.69, 9.17) is 4.74 Å². The second-order valence-corrected chi connectivity index (χ2v) is 6.49. The first-order chi connectivity index (χ1) is 13.6. The van der Waals surface area contributed by atoms with Gasteiger partial charge in [-0.1, -0.05) is 54.1 Å². The Morgan fingerprint density at radius 1 is 1.00 bits per heavy atom. The summed E-state index contributed by atoms with van der Waals surface area (Å²) in [7, 11) is 0. The van der Waals surface area contributed by atoms with Gasteiger partial charge in [0.15, 0.2) is 0 Å². The van der Waals surface area contributed by atoms with Gasteiger partial charge in [-0.2, -0.15) is 0 Å². The van der Waals surface area contributed by atoms with E-state index in [1.165, 1.54) is 0 Å². The Hall–Kier alpha value is -3.40. The quantitative estimate of drug-likeness (QED) is 0.436. The molecule has 0 aliphatic carbocycles. The molecule has 0 unspecified atom stereocenters. The zero-order valence-corrected chi connectivity index (χ0v) is 16.1. The van der Waals surface area contributed by atoms with Crippen molar-refractivity contribution in [3.05, 3.63) is 101 Å². The summed E-state index contributed by atoms with van der Waals surface area (Å²) in [6, 6.07) is 18.6. The van der Waals surface area contributed by atoms with Crippen LogP contribution in [-0.4, -0.2) is 22.9 Å². The van der Waals surface area contributed by atoms with E-state index in [0.717, 1.165) is 11.1 Å². The third-order valence-electron chi connectivity index (χ3n) is 4.39. The van der Waals surface area contributed by atoms with Crippen LogP contribution < -0.4 is 0 Å². The van der Waals surface area contributed by atoms with E-state index >= 15 is 0 Å². The number of ketones is 1. The molecule has 3 rings (SSSR count). The molecule has 0 aliphatic heterocycles. The fourth-order valence-electron chi connectivity index (χ4n) is 2.92. The standard InChI is InChI=1S/C24H23NO3/c1-3-28-24(27)21-9-4-7-19(17-21)8-5-15-25-16-6-10-22(25)23(26)20-13-11-18(2)12-14-20/h4-14,16-17H,3,15H2,1-2H3/b8-5+. The van der Waals surface area contributed by atoms with Gasteiger partial charge in [0, 0.05) is 18.3 Å². The van der Waals surface area contributed by atoms with Gasteiger partial charge in [0.25, 0.3) is 0 Å². The largest absolute Gasteiger partial charge is 0.462 e. The molecule has 0 N–H and O–H groups in total. The van der Waals surface area contributed by atoms with Crippen LogP contribution in [0, 0.1) is 6.92 Å². The van der Waals surface area contributed by atoms with Crippen LogP contribution >= 0.6 is 0 Å². The average molecular weight is 373 g/mol. The summed E-state index contributed by atoms with van der Waals surface area (Å²) in [6.45, 7) is 4.70. The zero-order valence-electron chi connectivity index (χ0n) is 16.1. The minimum atomic E-state index is -0.325. The van der Waals surface area contributed by atoms with Crippen LogP contribution in [0.5, 0.6) is 0 Å². The third kappa shape index (κ3) is 4.65. The number of aryl methyl sites for hydroxylation is 1. The number of esters is 1. The van der Waals surface area contributed by atoms with E-state index in [9.17, 15) is 9.59 Å². The van der Waals surface area contributed by atoms with Crippen LogP contribution in [0.1, 0.15) is 44.5 Å². The second-order valence-electron chi connectivity index (χ2n) is 6.49. The van der Waals surface area contributed by atoms with Crippen molar-refractivity contribution in [2.45, 2.75) is 20.4 Å². The molecule has 2 aromatic carbocycles. The van der Waals surface area contributed by atoms with Crippen molar-refractivity contribution in [2.75, 3.05) is 6.61 Å². The number of nitrogens with zero attached hydrogens (tertiary/aromatic N) is 1. The molecule has 0 fully saturated rings. The number of hydrogen-bond acceptors (Lipinski definition) is 3. The lowest BCUT2D eigenvalue weighted by atomic mass is 10.1. The Morgan fingerprint density at radius 3 is 2.54 bits per heavy atom. The maximum atomic E-state index is 12.8. The smallest absolute Gasteiger partial charge is 0.338 e. The number of carbonyl (C=O) groups excluding carboxylic acids is 2. The molecule has 1 heterocycles. The molecule has 28 heavy (non-hydrogen) atoms. The van der Waals surface area contributed by atoms with Gasteiger partial charge in [0.05, 0.1) is 17.9 Å². The highest BCUT2D eigenvalue weighted by Gasteiger charge is 2.12. The Bertz CT molecular complexity index is 997. The van der Waals surface area contributed by atoms with E-state index < -0.39 is 0 Å². The van der Waals surface area contributed by atoms with Crippen LogP contribution in [-0.2, 0) is 11.3 Å². The highest BCUT2D eigenvalue weighted by atomic mass is 16.5. The van der Waals surface area contributed by atoms with Crippen molar-refractivity contribution < 1.29 is 14.3 Å². The first kappa shape index (κ1) is 19.4. The Labute approximate surface area is 165 Å². The van der Waals surface area contributed by atoms with Gasteiger partial charge >= 0.3 is 5.97 Å². The lowest BCUT2D eigenvalue weighted by Crippen LogP contribution is -2.09. The SMILES string of the molecule is CCOC(=O)c1cccc(/C=C/Cn2cccc2C(=O)c2ccc(C)cc2)c1. The van der Waals surface area contributed by atoms with Gasteiger partial charge in [-0.25, -0.2) is 4.79 Å². The number of hydrogen-bond donors (Lipinski definition) is 0. The van der Waals surface area contributed by atoms with Crippen LogP contribution in [0.25, 0.3) is 6.08 Å². The highest BCUT2D eigenvalue weighted by molar-refractivity contribution is 6.08. The van der Waals surface area contributed by atoms with Crippen molar-refractivity contribution in [3.63, 3.8) is 0 Å². The minimum Gasteiger partial charge on any atom is -0.462 e. The Morgan fingerprint density at radius 2 is 1.79 bits per heavy atom. The maximum Gasteiger partial charge on any atom is 0.338 e. The Kier molecular flexibility index (Phi) is 6.22. The zero-order chi connectivity index (χ0) is 19.9. The summed E-state index contributed by atoms with van der Waals surface area (Å²) < 4.78 is 6.94. The van der Waals surface area contributed by atoms with Crippen LogP contribution in [0.3, 0.4) is 0 Å². The van der Waals surface area contributed by atoms with E-state index in [0.29, 0.717) is 30.0 Å². The minimum absolute atomic E-state index is 0.00251. The number of allylic oxidation sites excluding steroid dienone is 1. The molecular weight excluding hydrogens is 350 g/mol. The summed E-state index contributed by atoms with van der Waals surface area (Å²) in [5.41, 5.74) is 3.88. The van der Waals surface area contributed by atoms with Gasteiger partial charge in [-0.05, 0) is 43.7 Å². The summed E-state index contributed by atoms with van der Waals surface area (Å²) in [4.78, 5) is 24.6. The van der Waals surface area contributed by atoms with Crippen LogP contribution in [0.2, 0.25) is 0 Å². The molecule has 3 aromatic rings. The molecule has 0 bridgehead atoms. The fourth-order valence-corrected chi connectivity index (χ4v) is 2.92. The molecule has 0 amide bonds. The lowest BCUT2D eigenvalue weighted by molar-refractivity contribution is 0.0526. The van der Waals surface area contributed by atoms with Crippen molar-refractivity contribution in [3.8, 4) is 0 Å². The number of ether oxygens (including phenoxy) is 1. The predicted molar refractivity (Wildman–Crippen MR) is 110 cm³/mol. The Balaban J connectivity index is 1.71. The van der Waals surface area contributed by atoms with Gasteiger partial charge in [-0.15, -0.1) is 0 Å². The molecule has 0 saturated heterocycles. The van der Waals surface area contributed by atoms with Crippen molar-refractivity contribution in [2.24, 2.45) is 0 Å². The first-order valence-electron chi connectivity index (χ1n) is 9.28. The van der Waals surface area contributed by atoms with Gasteiger partial charge in [0.1, 0.15) is 0 Å². The topological polar surface area (TPSA) is 48.3 Å². The van der Waals surface area contributed by atoms with E-state index in [1.54, 1.807) is 19.1 Å². The summed E-state index contributed by atoms with van der Waals surface area (Å²) in [6.07, 6.45) is 5.79. The fraction of sp³-hybridized carbons (Fsp3) is 0.167. The van der Waals surface area contributed by atoms with Gasteiger partial charge in [0.2, 0.25) is 5.78 Å². The lowest BCUT2D eigenvalue weighted by Gasteiger charge is -2.07. The number of aromatic nitrogens is 1. The molecule has 0 aliphatic rings. The van der Waals surface area contributed by atoms with Crippen LogP contribution in [0.15, 0.2) is 72.9 Å². The summed E-state index contributed by atoms with van der Waals surface area (Å²) >= 11 is 0. The van der Waals surface area contributed by atoms with E-state index in [2.05, 4.69) is 0 Å². The summed E-state index contributed by atoms with van der Waals surface area (Å²) in [5, 5.41) is 0. The second kappa shape index (κ2) is 9.00. The van der Waals surface area contributed by atoms with Crippen molar-refractivity contribution in [1.29, 1.82) is 0 Å². The van der Waals surface area contributed by atoms with Crippen molar-refractivity contribution >= 4 is 17.8 Å². The molecular formula is C24H23NO3. The normalized spacial score (nSPS) is 10.9. The number of carbonyl (C=O) groups is 2. The first-order valence-corrected chi connectivity index (χ1v) is 9.28. The molecule has 0 atom stereocenters. The van der Waals surface area contributed by atoms with Gasteiger partial charge < -0.3 is 9.30 Å². The highest BCUT2D eigenvalue weighted by Crippen LogP contribution is 2.13. The molecule has 142 valence electrons. The van der Waals surface area contributed by atoms with E-state index in [-0.39, 0.29) is 11.8 Å². The summed E-state index contributed by atoms with van der Waals surface area (Å²) in [5.74, 6) is -0.322. The monoisotopic (exact) mass is 373 g/mol. The predicted octanol–water partition coefficient (Wildman–Crippen LogP) is 4.92. The maximum absolute atomic E-state index is 12.8. The molecule has 0 spiro atoms. The number of rotatable bonds is 7. The molecule has 1 aromatic heterocycles. The van der Waals surface area contributed by atoms with Crippen LogP contribution in [0.4, 0.5) is 0 Å². The molecule has 4 heteroatoms. The average Bonchev–Trinajstić information content (AvgIpc) is 3.17. The number of benzene rings is 2. The third-order valence-corrected chi connectivity index (χ3v) is 4.39. The molecule has 0 radical (unpaired) electrons. The van der Waals surface area contributed by atoms with Gasteiger partial charge in [-0.3, -0.25) is 4.79 Å². The molecule has 4 nitrogen and oxygen atoms in total. The van der Waals surface area contributed by atoms with E-state index in [1.807, 2.05) is 78.4 Å². The van der Waals surface area contributed by atoms with Crippen molar-refractivity contribution in [1.82, 2.24) is 4.57 Å². The molecule has 0 saturated carbocycles.